The van der Waals surface area contributed by atoms with Gasteiger partial charge in [0, 0.05) is 127 Å². The molecule has 2 N–H and O–H groups in total. The molecule has 0 spiro atoms. The van der Waals surface area contributed by atoms with Crippen LogP contribution in [0.4, 0.5) is 31.5 Å². The predicted molar refractivity (Wildman–Crippen MR) is 402 cm³/mol. The summed E-state index contributed by atoms with van der Waals surface area (Å²) < 4.78 is 141. The number of hydrogen-bond acceptors (Lipinski definition) is 25. The Hall–Kier alpha value is -6.42. The quantitative estimate of drug-likeness (QED) is 0.0120. The van der Waals surface area contributed by atoms with Crippen molar-refractivity contribution in [3.8, 4) is 11.5 Å². The lowest BCUT2D eigenvalue weighted by atomic mass is 10.0. The molecule has 2 aliphatic heterocycles. The van der Waals surface area contributed by atoms with Crippen molar-refractivity contribution < 1.29 is 127 Å². The molecule has 2 heterocycles. The first-order valence-corrected chi connectivity index (χ1v) is 39.9. The third kappa shape index (κ3) is 39.0. The zero-order valence-electron chi connectivity index (χ0n) is 65.3. The maximum absolute atomic E-state index is 14.7. The van der Waals surface area contributed by atoms with Crippen LogP contribution in [-0.2, 0) is 85.7 Å². The summed E-state index contributed by atoms with van der Waals surface area (Å²) in [5.41, 5.74) is 0.232. The molecule has 8 amide bonds. The molecule has 5 unspecified atom stereocenters. The zero-order chi connectivity index (χ0) is 81.1. The number of likely N-dealkylation sites (tertiary alicyclic amines) is 2. The van der Waals surface area contributed by atoms with Gasteiger partial charge in [0.2, 0.25) is 76.2 Å². The number of hydrogen-bond donors (Lipinski definition) is 2. The Labute approximate surface area is 656 Å². The number of rotatable bonds is 64. The molecule has 36 heteroatoms. The van der Waals surface area contributed by atoms with Crippen LogP contribution in [0.1, 0.15) is 127 Å². The van der Waals surface area contributed by atoms with Crippen LogP contribution in [0.15, 0.2) is 24.3 Å². The Kier molecular flexibility index (Phi) is 50.3. The Bertz CT molecular complexity index is 2960. The van der Waals surface area contributed by atoms with Gasteiger partial charge in [0.05, 0.1) is 89.8 Å². The summed E-state index contributed by atoms with van der Waals surface area (Å²) in [6.07, 6.45) is 2.51. The Morgan fingerprint density at radius 3 is 1.40 bits per heavy atom. The SMILES string of the molecule is COCCOCC(COCCCNC(=O)CCN1C(=O)CC(SCCCCCCN(CCCCCCSC2CC(=O)N(CCC(=O)NCCCOCC(COCCOC)OCCOC)C2=O)C(=O)CCCC(OC(=O)Oc2c(F)c(F)c(F)c(F)c2F)c2ccc(OC(=O)N(C)CCCN(C)C)cc2)C1=O)OCCOC. The molecule has 0 radical (unpaired) electrons. The average molecular weight is 1630 g/mol. The van der Waals surface area contributed by atoms with Crippen LogP contribution in [0.5, 0.6) is 11.5 Å². The van der Waals surface area contributed by atoms with Gasteiger partial charge in [-0.3, -0.25) is 43.4 Å². The lowest BCUT2D eigenvalue weighted by Gasteiger charge is -2.24. The first-order chi connectivity index (χ1) is 53.5. The Morgan fingerprint density at radius 1 is 0.495 bits per heavy atom. The van der Waals surface area contributed by atoms with Crippen molar-refractivity contribution in [2.45, 2.75) is 144 Å². The molecular formula is C75H116F5N7O22S2. The summed E-state index contributed by atoms with van der Waals surface area (Å²) in [5, 5.41) is 4.45. The number of thioether (sulfide) groups is 2. The van der Waals surface area contributed by atoms with Gasteiger partial charge in [0.25, 0.3) is 0 Å². The van der Waals surface area contributed by atoms with Crippen molar-refractivity contribution in [1.82, 2.24) is 35.1 Å². The van der Waals surface area contributed by atoms with Crippen molar-refractivity contribution in [2.24, 2.45) is 0 Å². The summed E-state index contributed by atoms with van der Waals surface area (Å²) in [4.78, 5) is 126. The van der Waals surface area contributed by atoms with Crippen molar-refractivity contribution >= 4 is 77.1 Å². The molecule has 29 nitrogen and oxygen atoms in total. The fourth-order valence-corrected chi connectivity index (χ4v) is 13.6. The van der Waals surface area contributed by atoms with Crippen molar-refractivity contribution in [2.75, 3.05) is 206 Å². The van der Waals surface area contributed by atoms with Crippen LogP contribution in [-0.4, -0.2) is 307 Å². The minimum Gasteiger partial charge on any atom is -0.426 e. The van der Waals surface area contributed by atoms with E-state index in [1.165, 1.54) is 52.7 Å². The fraction of sp³-hybridized carbons (Fsp3) is 0.720. The first kappa shape index (κ1) is 96.9. The Balaban J connectivity index is 1.30. The minimum atomic E-state index is -2.47. The highest BCUT2D eigenvalue weighted by molar-refractivity contribution is 8.00. The van der Waals surface area contributed by atoms with Gasteiger partial charge in [0.15, 0.2) is 0 Å². The largest absolute Gasteiger partial charge is 0.514 e. The van der Waals surface area contributed by atoms with Gasteiger partial charge in [-0.15, -0.1) is 23.5 Å². The zero-order valence-corrected chi connectivity index (χ0v) is 67.0. The van der Waals surface area contributed by atoms with Crippen molar-refractivity contribution in [1.29, 1.82) is 0 Å². The molecule has 2 aliphatic rings. The van der Waals surface area contributed by atoms with Crippen LogP contribution in [0, 0.1) is 29.1 Å². The van der Waals surface area contributed by atoms with E-state index in [1.54, 1.807) is 40.4 Å². The molecule has 2 fully saturated rings. The van der Waals surface area contributed by atoms with E-state index in [2.05, 4.69) is 15.4 Å². The number of halogens is 5. The number of amides is 8. The maximum Gasteiger partial charge on any atom is 0.514 e. The molecule has 0 aromatic heterocycles. The predicted octanol–water partition coefficient (Wildman–Crippen LogP) is 8.08. The third-order valence-corrected chi connectivity index (χ3v) is 20.0. The highest BCUT2D eigenvalue weighted by Crippen LogP contribution is 2.33. The van der Waals surface area contributed by atoms with E-state index >= 15 is 0 Å². The van der Waals surface area contributed by atoms with E-state index in [-0.39, 0.29) is 136 Å². The highest BCUT2D eigenvalue weighted by atomic mass is 32.2. The summed E-state index contributed by atoms with van der Waals surface area (Å²) in [6, 6.07) is 5.65. The van der Waals surface area contributed by atoms with Gasteiger partial charge < -0.3 is 86.9 Å². The van der Waals surface area contributed by atoms with Crippen LogP contribution in [0.2, 0.25) is 0 Å². The summed E-state index contributed by atoms with van der Waals surface area (Å²) in [7, 11) is 11.7. The molecule has 5 atom stereocenters. The van der Waals surface area contributed by atoms with Gasteiger partial charge in [-0.05, 0) is 108 Å². The van der Waals surface area contributed by atoms with Gasteiger partial charge in [0.1, 0.15) is 24.1 Å². The number of methoxy groups -OCH3 is 4. The standard InChI is InChI=1S/C75H116F5N7O22S2/c1-83(2)30-19-31-84(3)74(95)107-55-24-22-54(23-25-55)58(108-75(96)109-71-69(79)67(77)66(76)68(78)70(71)80)20-16-21-63(90)85(32-12-8-10-14-46-110-59-48-64(91)86(72(59)93)34-26-61(88)81-28-17-36-101-50-56(105-44-40-99-6)52-103-42-38-97-4)33-13-9-11-15-47-111-60-49-65(92)87(73(60)94)35-27-62(89)82-29-18-37-102-51-57(106-45-41-100-7)53-104-43-39-98-5/h22-25,56-60H,8-21,26-53H2,1-7H3,(H,81,88)(H,82,89). The minimum absolute atomic E-state index is 0.0201. The van der Waals surface area contributed by atoms with Crippen LogP contribution in [0.3, 0.4) is 0 Å². The number of ether oxygens (including phenoxy) is 13. The van der Waals surface area contributed by atoms with E-state index in [0.29, 0.717) is 181 Å². The summed E-state index contributed by atoms with van der Waals surface area (Å²) in [6.45, 7) is 7.59. The molecule has 4 rings (SSSR count). The second-order valence-corrected chi connectivity index (χ2v) is 29.2. The monoisotopic (exact) mass is 1630 g/mol. The molecule has 630 valence electrons. The van der Waals surface area contributed by atoms with Gasteiger partial charge in [-0.25, -0.2) is 22.8 Å². The van der Waals surface area contributed by atoms with Crippen LogP contribution >= 0.6 is 23.5 Å². The highest BCUT2D eigenvalue weighted by Gasteiger charge is 2.40. The van der Waals surface area contributed by atoms with E-state index in [4.69, 9.17) is 56.8 Å². The molecule has 2 aromatic rings. The van der Waals surface area contributed by atoms with E-state index in [9.17, 15) is 65.1 Å². The van der Waals surface area contributed by atoms with E-state index in [0.717, 1.165) is 29.2 Å². The normalized spacial score (nSPS) is 15.2. The maximum atomic E-state index is 14.7. The van der Waals surface area contributed by atoms with Crippen LogP contribution < -0.4 is 20.1 Å². The molecule has 2 aromatic carbocycles. The molecule has 0 bridgehead atoms. The summed E-state index contributed by atoms with van der Waals surface area (Å²) >= 11 is 2.76. The first-order valence-electron chi connectivity index (χ1n) is 37.8. The third-order valence-electron chi connectivity index (χ3n) is 17.4. The number of unbranched alkanes of at least 4 members (excludes halogenated alkanes) is 6. The van der Waals surface area contributed by atoms with Gasteiger partial charge >= 0.3 is 12.2 Å². The number of carbonyl (C=O) groups excluding carboxylic acids is 9. The topological polar surface area (TPSA) is 314 Å². The smallest absolute Gasteiger partial charge is 0.426 e. The average Bonchev–Trinajstić information content (AvgIpc) is 1.38. The van der Waals surface area contributed by atoms with Crippen LogP contribution in [0.25, 0.3) is 0 Å². The number of carbonyl (C=O) groups is 9. The second-order valence-electron chi connectivity index (χ2n) is 26.5. The van der Waals surface area contributed by atoms with Gasteiger partial charge in [-0.1, -0.05) is 37.8 Å². The second kappa shape index (κ2) is 57.6. The lowest BCUT2D eigenvalue weighted by Crippen LogP contribution is -2.36. The van der Waals surface area contributed by atoms with E-state index in [1.807, 2.05) is 19.0 Å². The molecule has 111 heavy (non-hydrogen) atoms. The number of imide groups is 2. The summed E-state index contributed by atoms with van der Waals surface area (Å²) in [5.74, 6) is -14.9. The number of nitrogens with zero attached hydrogens (tertiary/aromatic N) is 5. The molecule has 0 saturated carbocycles. The lowest BCUT2D eigenvalue weighted by molar-refractivity contribution is -0.140. The number of nitrogens with one attached hydrogen (secondary N) is 2. The fourth-order valence-electron chi connectivity index (χ4n) is 11.2. The van der Waals surface area contributed by atoms with Crippen molar-refractivity contribution in [3.63, 3.8) is 0 Å². The van der Waals surface area contributed by atoms with E-state index < -0.39 is 63.7 Å². The molecule has 2 saturated heterocycles. The van der Waals surface area contributed by atoms with Crippen molar-refractivity contribution in [3.05, 3.63) is 58.9 Å². The molecular weight excluding hydrogens is 1510 g/mol. The Morgan fingerprint density at radius 2 is 0.937 bits per heavy atom. The van der Waals surface area contributed by atoms with Gasteiger partial charge in [-0.2, -0.15) is 8.78 Å². The molecule has 0 aliphatic carbocycles. The number of benzene rings is 2.